The summed E-state index contributed by atoms with van der Waals surface area (Å²) in [5.41, 5.74) is 7.86. The van der Waals surface area contributed by atoms with Gasteiger partial charge in [-0.25, -0.2) is 4.79 Å². The minimum absolute atomic E-state index is 0.259. The first-order chi connectivity index (χ1) is 18.8. The number of primary amides is 1. The largest absolute Gasteiger partial charge is 0.508 e. The van der Waals surface area contributed by atoms with Crippen LogP contribution < -0.4 is 5.73 Å². The number of nitrogens with two attached hydrogens (primary N) is 1. The van der Waals surface area contributed by atoms with Crippen LogP contribution in [0.3, 0.4) is 0 Å². The second kappa shape index (κ2) is 24.3. The van der Waals surface area contributed by atoms with Gasteiger partial charge in [0.05, 0.1) is 0 Å². The summed E-state index contributed by atoms with van der Waals surface area (Å²) in [6, 6.07) is 0. The summed E-state index contributed by atoms with van der Waals surface area (Å²) in [7, 11) is 0. The summed E-state index contributed by atoms with van der Waals surface area (Å²) in [5, 5.41) is 10.5. The zero-order chi connectivity index (χ0) is 29.3. The molecule has 218 valence electrons. The number of halogens is 1. The molecule has 0 saturated carbocycles. The van der Waals surface area contributed by atoms with Crippen molar-refractivity contribution in [1.82, 2.24) is 0 Å². The number of hydrogen-bond acceptors (Lipinski definition) is 3. The van der Waals surface area contributed by atoms with E-state index in [1.165, 1.54) is 11.1 Å². The quantitative estimate of drug-likeness (QED) is 0.0887. The Labute approximate surface area is 243 Å². The Morgan fingerprint density at radius 3 is 2.28 bits per heavy atom. The van der Waals surface area contributed by atoms with Crippen LogP contribution in [0.25, 0.3) is 0 Å². The van der Waals surface area contributed by atoms with Crippen LogP contribution in [0, 0.1) is 5.92 Å². The van der Waals surface area contributed by atoms with E-state index in [0.29, 0.717) is 0 Å². The number of carbonyl (C=O) groups is 1. The van der Waals surface area contributed by atoms with Crippen molar-refractivity contribution in [2.45, 2.75) is 105 Å². The first-order valence-electron chi connectivity index (χ1n) is 14.5. The topological polar surface area (TPSA) is 72.6 Å². The summed E-state index contributed by atoms with van der Waals surface area (Å²) >= 11 is 6.60. The predicted molar refractivity (Wildman–Crippen MR) is 170 cm³/mol. The molecule has 0 aliphatic rings. The molecule has 0 bridgehead atoms. The highest BCUT2D eigenvalue weighted by molar-refractivity contribution is 6.29. The first kappa shape index (κ1) is 36.3. The lowest BCUT2D eigenvalue weighted by Crippen LogP contribution is -2.21. The fourth-order valence-electron chi connectivity index (χ4n) is 3.84. The van der Waals surface area contributed by atoms with Gasteiger partial charge in [-0.15, -0.1) is 0 Å². The summed E-state index contributed by atoms with van der Waals surface area (Å²) in [4.78, 5) is 11.2. The number of ether oxygens (including phenoxy) is 1. The van der Waals surface area contributed by atoms with Crippen LogP contribution in [0.2, 0.25) is 0 Å². The number of hydrogen-bond donors (Lipinski definition) is 2. The highest BCUT2D eigenvalue weighted by atomic mass is 35.5. The molecule has 0 aromatic carbocycles. The van der Waals surface area contributed by atoms with E-state index >= 15 is 0 Å². The van der Waals surface area contributed by atoms with Gasteiger partial charge < -0.3 is 15.6 Å². The Kier molecular flexibility index (Phi) is 22.6. The number of aliphatic hydroxyl groups excluding tert-OH is 1. The number of aliphatic hydroxyl groups is 1. The van der Waals surface area contributed by atoms with E-state index in [2.05, 4.69) is 45.9 Å². The average Bonchev–Trinajstić information content (AvgIpc) is 2.90. The van der Waals surface area contributed by atoms with Crippen molar-refractivity contribution in [3.8, 4) is 0 Å². The molecule has 39 heavy (non-hydrogen) atoms. The first-order valence-corrected chi connectivity index (χ1v) is 14.9. The third-order valence-electron chi connectivity index (χ3n) is 6.11. The maximum Gasteiger partial charge on any atom is 0.405 e. The third kappa shape index (κ3) is 20.9. The molecule has 3 N–H and O–H groups in total. The number of rotatable bonds is 20. The standard InChI is InChI=1S/C34H52ClNO3/c1-6-10-11-23-32(39-34(36)38)24-16-21-30(17-7-2)27-26-28(5)33(35)25-15-13-20-29(9-4)19-12-14-22-31(37)18-8-3/h11-15,17-20,22-23,25,28,32,37H,6-10,16,21,24,26-27H2,1-5H3,(H2,36,38)/b15-13+,19-12+,22-14+,23-11+,29-20+,30-17+,31-18+,33-25-. The van der Waals surface area contributed by atoms with Crippen LogP contribution in [-0.4, -0.2) is 17.3 Å². The Balaban J connectivity index is 4.86. The second-order valence-electron chi connectivity index (χ2n) is 9.58. The van der Waals surface area contributed by atoms with E-state index in [9.17, 15) is 9.90 Å². The van der Waals surface area contributed by atoms with Crippen molar-refractivity contribution in [2.75, 3.05) is 0 Å². The van der Waals surface area contributed by atoms with Gasteiger partial charge in [0.15, 0.2) is 0 Å². The summed E-state index contributed by atoms with van der Waals surface area (Å²) in [6.45, 7) is 10.5. The SMILES string of the molecule is CC\C=C(O)/C=C/C=C/C(=C/C=C/C=C(\Cl)C(C)CC/C(=C/CC)CCCC(/C=C/CCC)OC(N)=O)CC. The van der Waals surface area contributed by atoms with Crippen LogP contribution in [0.1, 0.15) is 98.8 Å². The van der Waals surface area contributed by atoms with Crippen molar-refractivity contribution in [1.29, 1.82) is 0 Å². The monoisotopic (exact) mass is 557 g/mol. The molecule has 0 fully saturated rings. The van der Waals surface area contributed by atoms with Crippen molar-refractivity contribution in [2.24, 2.45) is 11.7 Å². The minimum Gasteiger partial charge on any atom is -0.508 e. The van der Waals surface area contributed by atoms with Gasteiger partial charge in [-0.1, -0.05) is 107 Å². The smallest absolute Gasteiger partial charge is 0.405 e. The predicted octanol–water partition coefficient (Wildman–Crippen LogP) is 10.7. The number of allylic oxidation sites excluding steroid dienone is 14. The fraction of sp³-hybridized carbons (Fsp3) is 0.500. The van der Waals surface area contributed by atoms with E-state index in [-0.39, 0.29) is 17.8 Å². The van der Waals surface area contributed by atoms with Crippen molar-refractivity contribution >= 4 is 17.7 Å². The Hall–Kier alpha value is -2.72. The number of amides is 1. The van der Waals surface area contributed by atoms with E-state index < -0.39 is 6.09 Å². The fourth-order valence-corrected chi connectivity index (χ4v) is 4.02. The van der Waals surface area contributed by atoms with Crippen molar-refractivity contribution in [3.05, 3.63) is 94.8 Å². The van der Waals surface area contributed by atoms with Gasteiger partial charge in [-0.2, -0.15) is 0 Å². The van der Waals surface area contributed by atoms with Crippen molar-refractivity contribution < 1.29 is 14.6 Å². The molecular weight excluding hydrogens is 506 g/mol. The lowest BCUT2D eigenvalue weighted by Gasteiger charge is -2.15. The molecule has 5 heteroatoms. The van der Waals surface area contributed by atoms with Gasteiger partial charge in [0.2, 0.25) is 0 Å². The zero-order valence-corrected chi connectivity index (χ0v) is 25.6. The van der Waals surface area contributed by atoms with E-state index in [0.717, 1.165) is 69.2 Å². The van der Waals surface area contributed by atoms with E-state index in [1.54, 1.807) is 12.2 Å². The maximum absolute atomic E-state index is 11.2. The van der Waals surface area contributed by atoms with Gasteiger partial charge in [0, 0.05) is 5.03 Å². The molecule has 2 unspecified atom stereocenters. The van der Waals surface area contributed by atoms with E-state index in [4.69, 9.17) is 22.1 Å². The zero-order valence-electron chi connectivity index (χ0n) is 24.9. The summed E-state index contributed by atoms with van der Waals surface area (Å²) in [5.74, 6) is 0.553. The summed E-state index contributed by atoms with van der Waals surface area (Å²) < 4.78 is 5.26. The van der Waals surface area contributed by atoms with Crippen LogP contribution in [-0.2, 0) is 4.74 Å². The number of carbonyl (C=O) groups excluding carboxylic acids is 1. The maximum atomic E-state index is 11.2. The molecule has 0 rings (SSSR count). The molecule has 0 saturated heterocycles. The Morgan fingerprint density at radius 1 is 0.949 bits per heavy atom. The molecule has 0 aromatic heterocycles. The third-order valence-corrected chi connectivity index (χ3v) is 6.61. The van der Waals surface area contributed by atoms with Crippen LogP contribution in [0.15, 0.2) is 94.8 Å². The second-order valence-corrected chi connectivity index (χ2v) is 10.0. The Bertz CT molecular complexity index is 919. The van der Waals surface area contributed by atoms with Gasteiger partial charge in [-0.3, -0.25) is 0 Å². The normalized spacial score (nSPS) is 15.7. The van der Waals surface area contributed by atoms with Crippen LogP contribution in [0.5, 0.6) is 0 Å². The molecule has 0 aliphatic carbocycles. The molecule has 0 aliphatic heterocycles. The summed E-state index contributed by atoms with van der Waals surface area (Å²) in [6.07, 6.45) is 32.1. The highest BCUT2D eigenvalue weighted by Crippen LogP contribution is 2.25. The van der Waals surface area contributed by atoms with E-state index in [1.807, 2.05) is 49.5 Å². The lowest BCUT2D eigenvalue weighted by molar-refractivity contribution is 0.124. The Morgan fingerprint density at radius 2 is 1.64 bits per heavy atom. The molecule has 4 nitrogen and oxygen atoms in total. The molecule has 0 aromatic rings. The minimum atomic E-state index is -0.721. The molecule has 2 atom stereocenters. The van der Waals surface area contributed by atoms with Gasteiger partial charge in [0.1, 0.15) is 11.9 Å². The molecule has 0 spiro atoms. The molecular formula is C34H52ClNO3. The van der Waals surface area contributed by atoms with Crippen molar-refractivity contribution in [3.63, 3.8) is 0 Å². The molecule has 0 heterocycles. The van der Waals surface area contributed by atoms with Gasteiger partial charge in [0.25, 0.3) is 0 Å². The lowest BCUT2D eigenvalue weighted by atomic mass is 9.95. The van der Waals surface area contributed by atoms with Crippen LogP contribution in [0.4, 0.5) is 4.79 Å². The van der Waals surface area contributed by atoms with Gasteiger partial charge in [-0.05, 0) is 93.6 Å². The highest BCUT2D eigenvalue weighted by Gasteiger charge is 2.11. The molecule has 1 amide bonds. The average molecular weight is 558 g/mol. The van der Waals surface area contributed by atoms with Gasteiger partial charge >= 0.3 is 6.09 Å². The van der Waals surface area contributed by atoms with Crippen LogP contribution >= 0.6 is 11.6 Å². The number of unbranched alkanes of at least 4 members (excludes halogenated alkanes) is 1. The molecule has 0 radical (unpaired) electrons.